The summed E-state index contributed by atoms with van der Waals surface area (Å²) in [5, 5.41) is 8.25. The van der Waals surface area contributed by atoms with Gasteiger partial charge in [0.15, 0.2) is 0 Å². The Hall–Kier alpha value is -3.04. The minimum absolute atomic E-state index is 0.150. The molecule has 162 valence electrons. The van der Waals surface area contributed by atoms with Crippen LogP contribution in [0.4, 0.5) is 37.7 Å². The van der Waals surface area contributed by atoms with E-state index in [0.717, 1.165) is 24.3 Å². The van der Waals surface area contributed by atoms with Crippen molar-refractivity contribution in [2.24, 2.45) is 10.2 Å². The van der Waals surface area contributed by atoms with Crippen LogP contribution < -0.4 is 10.9 Å². The standard InChI is InChI=1S/C20H20F6N4/c1-3-17(29-27-15-9-5-7-13(11-15)19(21,22)23)18(4-2)30-28-16-10-6-8-14(12-16)20(24,25)26/h5-12,27-28H,3-4H2,1-2H3. The van der Waals surface area contributed by atoms with Gasteiger partial charge in [-0.15, -0.1) is 0 Å². The summed E-state index contributed by atoms with van der Waals surface area (Å²) in [5.41, 5.74) is 4.75. The maximum Gasteiger partial charge on any atom is 0.416 e. The van der Waals surface area contributed by atoms with Crippen LogP contribution in [0.5, 0.6) is 0 Å². The van der Waals surface area contributed by atoms with Gasteiger partial charge in [-0.3, -0.25) is 10.9 Å². The Labute approximate surface area is 169 Å². The van der Waals surface area contributed by atoms with Crippen molar-refractivity contribution >= 4 is 22.8 Å². The summed E-state index contributed by atoms with van der Waals surface area (Å²) in [6.45, 7) is 3.56. The van der Waals surface area contributed by atoms with E-state index in [2.05, 4.69) is 21.1 Å². The highest BCUT2D eigenvalue weighted by Gasteiger charge is 2.31. The number of nitrogens with zero attached hydrogens (tertiary/aromatic N) is 2. The molecule has 0 aliphatic carbocycles. The lowest BCUT2D eigenvalue weighted by Crippen LogP contribution is -2.16. The fraction of sp³-hybridized carbons (Fsp3) is 0.300. The van der Waals surface area contributed by atoms with Gasteiger partial charge in [0, 0.05) is 0 Å². The van der Waals surface area contributed by atoms with Gasteiger partial charge in [0.05, 0.1) is 33.9 Å². The van der Waals surface area contributed by atoms with E-state index in [1.807, 2.05) is 0 Å². The lowest BCUT2D eigenvalue weighted by Gasteiger charge is -2.11. The molecule has 0 atom stereocenters. The third kappa shape index (κ3) is 6.50. The third-order valence-electron chi connectivity index (χ3n) is 4.02. The van der Waals surface area contributed by atoms with Gasteiger partial charge in [-0.25, -0.2) is 0 Å². The zero-order chi connectivity index (χ0) is 22.4. The van der Waals surface area contributed by atoms with Crippen LogP contribution >= 0.6 is 0 Å². The number of alkyl halides is 6. The van der Waals surface area contributed by atoms with Gasteiger partial charge < -0.3 is 0 Å². The van der Waals surface area contributed by atoms with E-state index in [-0.39, 0.29) is 11.4 Å². The van der Waals surface area contributed by atoms with E-state index in [4.69, 9.17) is 0 Å². The molecule has 0 aromatic heterocycles. The predicted octanol–water partition coefficient (Wildman–Crippen LogP) is 6.78. The predicted molar refractivity (Wildman–Crippen MR) is 106 cm³/mol. The van der Waals surface area contributed by atoms with E-state index < -0.39 is 23.5 Å². The Kier molecular flexibility index (Phi) is 7.47. The van der Waals surface area contributed by atoms with Crippen molar-refractivity contribution in [3.8, 4) is 0 Å². The molecule has 2 rings (SSSR count). The Morgan fingerprint density at radius 1 is 0.700 bits per heavy atom. The summed E-state index contributed by atoms with van der Waals surface area (Å²) in [4.78, 5) is 0. The Morgan fingerprint density at radius 3 is 1.37 bits per heavy atom. The van der Waals surface area contributed by atoms with Crippen molar-refractivity contribution in [3.63, 3.8) is 0 Å². The highest BCUT2D eigenvalue weighted by molar-refractivity contribution is 6.42. The highest BCUT2D eigenvalue weighted by Crippen LogP contribution is 2.31. The SMILES string of the molecule is CCC(=NNc1cccc(C(F)(F)F)c1)C(CC)=NNc1cccc(C(F)(F)F)c1. The number of anilines is 2. The molecule has 10 heteroatoms. The first-order chi connectivity index (χ1) is 14.0. The molecule has 0 fully saturated rings. The van der Waals surface area contributed by atoms with E-state index in [1.165, 1.54) is 24.3 Å². The van der Waals surface area contributed by atoms with E-state index in [9.17, 15) is 26.3 Å². The second-order valence-electron chi connectivity index (χ2n) is 6.20. The maximum atomic E-state index is 12.8. The number of halogens is 6. The van der Waals surface area contributed by atoms with Gasteiger partial charge in [0.1, 0.15) is 0 Å². The average molecular weight is 430 g/mol. The molecule has 2 aromatic rings. The van der Waals surface area contributed by atoms with Crippen LogP contribution in [0.15, 0.2) is 58.7 Å². The summed E-state index contributed by atoms with van der Waals surface area (Å²) in [6.07, 6.45) is -8.13. The number of nitrogens with one attached hydrogen (secondary N) is 2. The van der Waals surface area contributed by atoms with Crippen molar-refractivity contribution in [2.45, 2.75) is 39.0 Å². The van der Waals surface area contributed by atoms with Crippen LogP contribution in [0.1, 0.15) is 37.8 Å². The topological polar surface area (TPSA) is 48.8 Å². The third-order valence-corrected chi connectivity index (χ3v) is 4.02. The monoisotopic (exact) mass is 430 g/mol. The number of hydrazone groups is 2. The molecule has 30 heavy (non-hydrogen) atoms. The minimum atomic E-state index is -4.47. The molecule has 0 bridgehead atoms. The molecule has 0 radical (unpaired) electrons. The summed E-state index contributed by atoms with van der Waals surface area (Å²) in [6, 6.07) is 9.17. The van der Waals surface area contributed by atoms with E-state index >= 15 is 0 Å². The largest absolute Gasteiger partial charge is 0.416 e. The van der Waals surface area contributed by atoms with Gasteiger partial charge in [0.2, 0.25) is 0 Å². The van der Waals surface area contributed by atoms with Crippen LogP contribution in [0.25, 0.3) is 0 Å². The molecule has 0 heterocycles. The molecule has 2 aromatic carbocycles. The molecule has 4 nitrogen and oxygen atoms in total. The first-order valence-corrected chi connectivity index (χ1v) is 9.04. The van der Waals surface area contributed by atoms with Crippen molar-refractivity contribution in [1.82, 2.24) is 0 Å². The normalized spacial score (nSPS) is 13.3. The second kappa shape index (κ2) is 9.64. The zero-order valence-electron chi connectivity index (χ0n) is 16.2. The molecule has 0 spiro atoms. The Morgan fingerprint density at radius 2 is 1.07 bits per heavy atom. The molecule has 0 aliphatic rings. The molecular formula is C20H20F6N4. The molecule has 0 saturated carbocycles. The Balaban J connectivity index is 2.19. The van der Waals surface area contributed by atoms with Crippen LogP contribution in [0.2, 0.25) is 0 Å². The van der Waals surface area contributed by atoms with Gasteiger partial charge in [-0.05, 0) is 49.2 Å². The number of hydrogen-bond donors (Lipinski definition) is 2. The van der Waals surface area contributed by atoms with Crippen LogP contribution in [-0.4, -0.2) is 11.4 Å². The van der Waals surface area contributed by atoms with Crippen molar-refractivity contribution < 1.29 is 26.3 Å². The maximum absolute atomic E-state index is 12.8. The second-order valence-corrected chi connectivity index (χ2v) is 6.20. The van der Waals surface area contributed by atoms with Gasteiger partial charge in [-0.1, -0.05) is 26.0 Å². The summed E-state index contributed by atoms with van der Waals surface area (Å²) in [5.74, 6) is 0. The number of rotatable bonds is 7. The molecule has 0 unspecified atom stereocenters. The summed E-state index contributed by atoms with van der Waals surface area (Å²) >= 11 is 0. The minimum Gasteiger partial charge on any atom is -0.278 e. The van der Waals surface area contributed by atoms with Crippen molar-refractivity contribution in [3.05, 3.63) is 59.7 Å². The number of hydrogen-bond acceptors (Lipinski definition) is 4. The van der Waals surface area contributed by atoms with E-state index in [0.29, 0.717) is 24.3 Å². The number of benzene rings is 2. The molecule has 2 N–H and O–H groups in total. The fourth-order valence-electron chi connectivity index (χ4n) is 2.49. The van der Waals surface area contributed by atoms with Crippen LogP contribution in [0.3, 0.4) is 0 Å². The average Bonchev–Trinajstić information content (AvgIpc) is 2.69. The van der Waals surface area contributed by atoms with Crippen molar-refractivity contribution in [1.29, 1.82) is 0 Å². The molecule has 0 aliphatic heterocycles. The van der Waals surface area contributed by atoms with Crippen LogP contribution in [-0.2, 0) is 12.4 Å². The van der Waals surface area contributed by atoms with Crippen molar-refractivity contribution in [2.75, 3.05) is 10.9 Å². The Bertz CT molecular complexity index is 840. The molecular weight excluding hydrogens is 410 g/mol. The molecule has 0 amide bonds. The van der Waals surface area contributed by atoms with Gasteiger partial charge >= 0.3 is 12.4 Å². The summed E-state index contributed by atoms with van der Waals surface area (Å²) in [7, 11) is 0. The lowest BCUT2D eigenvalue weighted by molar-refractivity contribution is -0.138. The zero-order valence-corrected chi connectivity index (χ0v) is 16.2. The molecule has 0 saturated heterocycles. The summed E-state index contributed by atoms with van der Waals surface area (Å²) < 4.78 is 76.9. The fourth-order valence-corrected chi connectivity index (χ4v) is 2.49. The first-order valence-electron chi connectivity index (χ1n) is 9.04. The lowest BCUT2D eigenvalue weighted by atomic mass is 10.1. The quantitative estimate of drug-likeness (QED) is 0.289. The first kappa shape index (κ1) is 23.2. The highest BCUT2D eigenvalue weighted by atomic mass is 19.4. The van der Waals surface area contributed by atoms with Gasteiger partial charge in [-0.2, -0.15) is 36.5 Å². The van der Waals surface area contributed by atoms with E-state index in [1.54, 1.807) is 13.8 Å². The van der Waals surface area contributed by atoms with Gasteiger partial charge in [0.25, 0.3) is 0 Å². The smallest absolute Gasteiger partial charge is 0.278 e. The van der Waals surface area contributed by atoms with Crippen LogP contribution in [0, 0.1) is 0 Å².